The fourth-order valence-electron chi connectivity index (χ4n) is 1.45. The molecule has 1 aromatic carbocycles. The molecule has 0 saturated carbocycles. The summed E-state index contributed by atoms with van der Waals surface area (Å²) in [5.74, 6) is 2.74. The zero-order chi connectivity index (χ0) is 19.4. The smallest absolute Gasteiger partial charge is 0.427 e. The van der Waals surface area contributed by atoms with Crippen molar-refractivity contribution in [2.24, 2.45) is 0 Å². The quantitative estimate of drug-likeness (QED) is 0.431. The van der Waals surface area contributed by atoms with Gasteiger partial charge in [0.05, 0.1) is 0 Å². The van der Waals surface area contributed by atoms with Gasteiger partial charge >= 0.3 is 12.2 Å². The van der Waals surface area contributed by atoms with Gasteiger partial charge in [-0.05, 0) is 18.2 Å². The predicted octanol–water partition coefficient (Wildman–Crippen LogP) is -0.305. The molecule has 0 bridgehead atoms. The first kappa shape index (κ1) is 19.9. The van der Waals surface area contributed by atoms with Gasteiger partial charge in [-0.1, -0.05) is 17.9 Å². The molecule has 0 saturated heterocycles. The highest BCUT2D eigenvalue weighted by Gasteiger charge is 2.12. The summed E-state index contributed by atoms with van der Waals surface area (Å²) in [6, 6.07) is 5.45. The number of nitrogens with one attached hydrogen (secondary N) is 4. The number of carbonyl (C=O) groups is 4. The summed E-state index contributed by atoms with van der Waals surface area (Å²) in [6.07, 6.45) is 7.94. The van der Waals surface area contributed by atoms with Crippen molar-refractivity contribution in [1.29, 1.82) is 0 Å². The number of terminal acetylenes is 2. The van der Waals surface area contributed by atoms with E-state index in [0.29, 0.717) is 0 Å². The second kappa shape index (κ2) is 10.6. The number of hydrazine groups is 2. The summed E-state index contributed by atoms with van der Waals surface area (Å²) < 4.78 is 8.98. The van der Waals surface area contributed by atoms with Gasteiger partial charge in [-0.2, -0.15) is 0 Å². The summed E-state index contributed by atoms with van der Waals surface area (Å²) in [6.45, 7) is -0.512. The van der Waals surface area contributed by atoms with Crippen LogP contribution < -0.4 is 21.7 Å². The lowest BCUT2D eigenvalue weighted by Gasteiger charge is -2.09. The van der Waals surface area contributed by atoms with Gasteiger partial charge < -0.3 is 9.47 Å². The first-order valence-electron chi connectivity index (χ1n) is 6.91. The third kappa shape index (κ3) is 6.93. The van der Waals surface area contributed by atoms with Gasteiger partial charge in [0.1, 0.15) is 0 Å². The molecule has 0 unspecified atom stereocenters. The van der Waals surface area contributed by atoms with Crippen LogP contribution in [0.5, 0.6) is 0 Å². The minimum absolute atomic E-state index is 0.0600. The Kier molecular flexibility index (Phi) is 8.07. The largest absolute Gasteiger partial charge is 0.435 e. The molecule has 0 radical (unpaired) electrons. The molecule has 4 amide bonds. The van der Waals surface area contributed by atoms with E-state index in [1.54, 1.807) is 0 Å². The van der Waals surface area contributed by atoms with Gasteiger partial charge in [-0.15, -0.1) is 12.8 Å². The lowest BCUT2D eigenvalue weighted by molar-refractivity contribution is 0.0913. The van der Waals surface area contributed by atoms with Crippen molar-refractivity contribution in [3.05, 3.63) is 35.4 Å². The molecule has 0 heterocycles. The molecule has 0 aromatic heterocycles. The van der Waals surface area contributed by atoms with Crippen LogP contribution in [0.2, 0.25) is 0 Å². The maximum Gasteiger partial charge on any atom is 0.427 e. The van der Waals surface area contributed by atoms with E-state index < -0.39 is 24.0 Å². The number of hydrogen-bond donors (Lipinski definition) is 4. The molecule has 10 nitrogen and oxygen atoms in total. The molecule has 0 aliphatic rings. The maximum atomic E-state index is 11.9. The second-order valence-corrected chi connectivity index (χ2v) is 4.30. The highest BCUT2D eigenvalue weighted by atomic mass is 16.6. The molecule has 1 aromatic rings. The van der Waals surface area contributed by atoms with Crippen molar-refractivity contribution >= 4 is 24.0 Å². The molecule has 0 fully saturated rings. The average Bonchev–Trinajstić information content (AvgIpc) is 2.66. The van der Waals surface area contributed by atoms with Crippen molar-refractivity contribution in [1.82, 2.24) is 21.7 Å². The van der Waals surface area contributed by atoms with E-state index in [-0.39, 0.29) is 24.3 Å². The number of ether oxygens (including phenoxy) is 2. The SMILES string of the molecule is C#CCOC(=O)NNC(=O)c1cccc(C(=O)NNC(=O)OCC#C)c1. The van der Waals surface area contributed by atoms with Crippen LogP contribution in [0.15, 0.2) is 24.3 Å². The number of carbonyl (C=O) groups excluding carboxylic acids is 4. The lowest BCUT2D eigenvalue weighted by Crippen LogP contribution is -2.43. The standard InChI is InChI=1S/C16H14N4O6/c1-3-8-25-15(23)19-17-13(21)11-6-5-7-12(10-11)14(22)18-20-16(24)26-9-4-2/h1-2,5-7,10H,8-9H2,(H,17,21)(H,18,22)(H,19,23)(H,20,24). The normalized spacial score (nSPS) is 8.85. The minimum atomic E-state index is -0.945. The van der Waals surface area contributed by atoms with Crippen LogP contribution in [0.3, 0.4) is 0 Å². The van der Waals surface area contributed by atoms with Crippen molar-refractivity contribution in [2.75, 3.05) is 13.2 Å². The van der Waals surface area contributed by atoms with Gasteiger partial charge in [-0.3, -0.25) is 20.4 Å². The zero-order valence-electron chi connectivity index (χ0n) is 13.3. The summed E-state index contributed by atoms with van der Waals surface area (Å²) >= 11 is 0. The van der Waals surface area contributed by atoms with Gasteiger partial charge in [0, 0.05) is 11.1 Å². The Hall–Kier alpha value is -4.18. The van der Waals surface area contributed by atoms with Crippen LogP contribution in [-0.4, -0.2) is 37.2 Å². The van der Waals surface area contributed by atoms with Gasteiger partial charge in [0.2, 0.25) is 0 Å². The van der Waals surface area contributed by atoms with E-state index >= 15 is 0 Å². The first-order valence-corrected chi connectivity index (χ1v) is 6.91. The molecule has 0 aliphatic carbocycles. The molecule has 0 spiro atoms. The molecule has 0 aliphatic heterocycles. The predicted molar refractivity (Wildman–Crippen MR) is 88.0 cm³/mol. The maximum absolute atomic E-state index is 11.9. The molecule has 4 N–H and O–H groups in total. The Bertz CT molecular complexity index is 716. The number of amides is 4. The third-order valence-corrected chi connectivity index (χ3v) is 2.52. The van der Waals surface area contributed by atoms with E-state index in [1.807, 2.05) is 10.9 Å². The topological polar surface area (TPSA) is 135 Å². The van der Waals surface area contributed by atoms with Crippen LogP contribution in [0.25, 0.3) is 0 Å². The van der Waals surface area contributed by atoms with Crippen LogP contribution in [0.4, 0.5) is 9.59 Å². The number of rotatable bonds is 4. The van der Waals surface area contributed by atoms with E-state index in [2.05, 4.69) is 32.2 Å². The molecule has 26 heavy (non-hydrogen) atoms. The molecule has 1 rings (SSSR count). The third-order valence-electron chi connectivity index (χ3n) is 2.52. The average molecular weight is 358 g/mol. The van der Waals surface area contributed by atoms with Crippen molar-refractivity contribution in [3.8, 4) is 24.7 Å². The molecule has 0 atom stereocenters. The number of hydrogen-bond acceptors (Lipinski definition) is 6. The Balaban J connectivity index is 2.58. The van der Waals surface area contributed by atoms with Crippen LogP contribution in [0, 0.1) is 24.7 Å². The molecular weight excluding hydrogens is 344 g/mol. The van der Waals surface area contributed by atoms with E-state index in [1.165, 1.54) is 24.3 Å². The summed E-state index contributed by atoms with van der Waals surface area (Å²) in [5, 5.41) is 0. The van der Waals surface area contributed by atoms with Crippen LogP contribution in [-0.2, 0) is 9.47 Å². The molecular formula is C16H14N4O6. The number of benzene rings is 1. The zero-order valence-corrected chi connectivity index (χ0v) is 13.3. The van der Waals surface area contributed by atoms with Gasteiger partial charge in [0.15, 0.2) is 13.2 Å². The molecule has 134 valence electrons. The Morgan fingerprint density at radius 1 is 0.808 bits per heavy atom. The Morgan fingerprint density at radius 3 is 1.62 bits per heavy atom. The summed E-state index contributed by atoms with van der Waals surface area (Å²) in [5.41, 5.74) is 8.22. The van der Waals surface area contributed by atoms with E-state index in [9.17, 15) is 19.2 Å². The monoisotopic (exact) mass is 358 g/mol. The Morgan fingerprint density at radius 2 is 1.23 bits per heavy atom. The second-order valence-electron chi connectivity index (χ2n) is 4.30. The van der Waals surface area contributed by atoms with Crippen molar-refractivity contribution in [3.63, 3.8) is 0 Å². The van der Waals surface area contributed by atoms with Gasteiger partial charge in [-0.25, -0.2) is 20.4 Å². The highest BCUT2D eigenvalue weighted by molar-refractivity contribution is 6.00. The highest BCUT2D eigenvalue weighted by Crippen LogP contribution is 2.05. The van der Waals surface area contributed by atoms with Crippen molar-refractivity contribution < 1.29 is 28.7 Å². The fraction of sp³-hybridized carbons (Fsp3) is 0.125. The molecule has 10 heteroatoms. The van der Waals surface area contributed by atoms with Crippen LogP contribution in [0.1, 0.15) is 20.7 Å². The Labute approximate surface area is 148 Å². The fourth-order valence-corrected chi connectivity index (χ4v) is 1.45. The minimum Gasteiger partial charge on any atom is -0.435 e. The lowest BCUT2D eigenvalue weighted by atomic mass is 10.1. The summed E-state index contributed by atoms with van der Waals surface area (Å²) in [4.78, 5) is 46.2. The van der Waals surface area contributed by atoms with E-state index in [0.717, 1.165) is 0 Å². The van der Waals surface area contributed by atoms with Gasteiger partial charge in [0.25, 0.3) is 11.8 Å². The van der Waals surface area contributed by atoms with Crippen molar-refractivity contribution in [2.45, 2.75) is 0 Å². The van der Waals surface area contributed by atoms with Crippen LogP contribution >= 0.6 is 0 Å². The van der Waals surface area contributed by atoms with E-state index in [4.69, 9.17) is 12.8 Å². The first-order chi connectivity index (χ1) is 12.5. The summed E-state index contributed by atoms with van der Waals surface area (Å²) in [7, 11) is 0.